The molecule has 20 heavy (non-hydrogen) atoms. The molecule has 1 unspecified atom stereocenters. The maximum atomic E-state index is 11.2. The van der Waals surface area contributed by atoms with Gasteiger partial charge in [-0.05, 0) is 44.6 Å². The highest BCUT2D eigenvalue weighted by molar-refractivity contribution is 5.86. The highest BCUT2D eigenvalue weighted by atomic mass is 16.4. The number of aromatic nitrogens is 1. The summed E-state index contributed by atoms with van der Waals surface area (Å²) in [5.41, 5.74) is 0.946. The number of likely N-dealkylation sites (tertiary alicyclic amines) is 1. The van der Waals surface area contributed by atoms with Crippen LogP contribution in [0.25, 0.3) is 0 Å². The average Bonchev–Trinajstić information content (AvgIpc) is 2.86. The van der Waals surface area contributed by atoms with E-state index in [-0.39, 0.29) is 5.69 Å². The molecule has 2 rings (SSSR count). The van der Waals surface area contributed by atoms with E-state index in [2.05, 4.69) is 21.7 Å². The fourth-order valence-corrected chi connectivity index (χ4v) is 2.99. The van der Waals surface area contributed by atoms with Crippen molar-refractivity contribution in [1.82, 2.24) is 14.8 Å². The number of nitrogens with zero attached hydrogens (tertiary/aromatic N) is 3. The number of likely N-dealkylation sites (N-methyl/N-ethyl adjacent to an activating group) is 2. The molecule has 0 spiro atoms. The van der Waals surface area contributed by atoms with Crippen LogP contribution in [0.1, 0.15) is 35.8 Å². The number of rotatable bonds is 6. The van der Waals surface area contributed by atoms with Crippen LogP contribution in [-0.4, -0.2) is 58.6 Å². The third-order valence-electron chi connectivity index (χ3n) is 3.96. The SMILES string of the molecule is CCN1CCCC1CN(C)Cc1cccnc1C(=O)O. The molecule has 0 aromatic carbocycles. The molecule has 1 atom stereocenters. The molecule has 1 aromatic rings. The zero-order valence-electron chi connectivity index (χ0n) is 12.2. The molecular weight excluding hydrogens is 254 g/mol. The number of carbonyl (C=O) groups is 1. The summed E-state index contributed by atoms with van der Waals surface area (Å²) in [5.74, 6) is -0.954. The van der Waals surface area contributed by atoms with Gasteiger partial charge in [0.1, 0.15) is 0 Å². The Morgan fingerprint density at radius 2 is 2.40 bits per heavy atom. The first-order valence-corrected chi connectivity index (χ1v) is 7.21. The molecule has 1 saturated heterocycles. The minimum Gasteiger partial charge on any atom is -0.477 e. The molecule has 0 saturated carbocycles. The van der Waals surface area contributed by atoms with E-state index >= 15 is 0 Å². The molecule has 5 nitrogen and oxygen atoms in total. The Kier molecular flexibility index (Phi) is 5.09. The van der Waals surface area contributed by atoms with Gasteiger partial charge in [-0.1, -0.05) is 13.0 Å². The molecular formula is C15H23N3O2. The lowest BCUT2D eigenvalue weighted by Crippen LogP contribution is -2.38. The summed E-state index contributed by atoms with van der Waals surface area (Å²) in [6, 6.07) is 4.23. The highest BCUT2D eigenvalue weighted by Gasteiger charge is 2.24. The topological polar surface area (TPSA) is 56.7 Å². The van der Waals surface area contributed by atoms with Crippen molar-refractivity contribution in [2.24, 2.45) is 0 Å². The lowest BCUT2D eigenvalue weighted by molar-refractivity contribution is 0.0688. The number of pyridine rings is 1. The van der Waals surface area contributed by atoms with E-state index in [1.54, 1.807) is 6.07 Å². The quantitative estimate of drug-likeness (QED) is 0.857. The third kappa shape index (κ3) is 3.55. The van der Waals surface area contributed by atoms with Crippen molar-refractivity contribution in [3.8, 4) is 0 Å². The van der Waals surface area contributed by atoms with Gasteiger partial charge in [-0.3, -0.25) is 4.90 Å². The number of hydrogen-bond acceptors (Lipinski definition) is 4. The molecule has 1 N–H and O–H groups in total. The van der Waals surface area contributed by atoms with Gasteiger partial charge in [-0.15, -0.1) is 0 Å². The summed E-state index contributed by atoms with van der Waals surface area (Å²) in [4.78, 5) is 19.8. The van der Waals surface area contributed by atoms with Crippen LogP contribution < -0.4 is 0 Å². The number of carboxylic acid groups (broad SMARTS) is 1. The van der Waals surface area contributed by atoms with Gasteiger partial charge in [-0.25, -0.2) is 9.78 Å². The van der Waals surface area contributed by atoms with Crippen molar-refractivity contribution in [1.29, 1.82) is 0 Å². The Labute approximate surface area is 120 Å². The largest absolute Gasteiger partial charge is 0.477 e. The summed E-state index contributed by atoms with van der Waals surface area (Å²) in [6.07, 6.45) is 4.03. The van der Waals surface area contributed by atoms with E-state index in [1.165, 1.54) is 25.6 Å². The standard InChI is InChI=1S/C15H23N3O2/c1-3-18-9-5-7-13(18)11-17(2)10-12-6-4-8-16-14(12)15(19)20/h4,6,8,13H,3,5,7,9-11H2,1-2H3,(H,19,20). The lowest BCUT2D eigenvalue weighted by Gasteiger charge is -2.27. The first-order chi connectivity index (χ1) is 9.61. The first-order valence-electron chi connectivity index (χ1n) is 7.21. The van der Waals surface area contributed by atoms with Crippen molar-refractivity contribution in [2.45, 2.75) is 32.4 Å². The fraction of sp³-hybridized carbons (Fsp3) is 0.600. The van der Waals surface area contributed by atoms with Crippen LogP contribution in [0.3, 0.4) is 0 Å². The second-order valence-electron chi connectivity index (χ2n) is 5.44. The van der Waals surface area contributed by atoms with Gasteiger partial charge < -0.3 is 10.0 Å². The predicted molar refractivity (Wildman–Crippen MR) is 77.8 cm³/mol. The lowest BCUT2D eigenvalue weighted by atomic mass is 10.1. The van der Waals surface area contributed by atoms with E-state index in [1.807, 2.05) is 13.1 Å². The molecule has 2 heterocycles. The minimum absolute atomic E-state index is 0.165. The number of aromatic carboxylic acids is 1. The third-order valence-corrected chi connectivity index (χ3v) is 3.96. The van der Waals surface area contributed by atoms with E-state index in [0.29, 0.717) is 12.6 Å². The number of carboxylic acids is 1. The van der Waals surface area contributed by atoms with Gasteiger partial charge in [0.15, 0.2) is 5.69 Å². The Morgan fingerprint density at radius 3 is 3.10 bits per heavy atom. The molecule has 110 valence electrons. The molecule has 1 aromatic heterocycles. The van der Waals surface area contributed by atoms with Gasteiger partial charge >= 0.3 is 5.97 Å². The Morgan fingerprint density at radius 1 is 1.60 bits per heavy atom. The van der Waals surface area contributed by atoms with Gasteiger partial charge in [0.25, 0.3) is 0 Å². The Hall–Kier alpha value is -1.46. The zero-order chi connectivity index (χ0) is 14.5. The Bertz CT molecular complexity index is 464. The van der Waals surface area contributed by atoms with Gasteiger partial charge in [-0.2, -0.15) is 0 Å². The second kappa shape index (κ2) is 6.81. The zero-order valence-corrected chi connectivity index (χ0v) is 12.2. The second-order valence-corrected chi connectivity index (χ2v) is 5.44. The van der Waals surface area contributed by atoms with Crippen molar-refractivity contribution < 1.29 is 9.90 Å². The summed E-state index contributed by atoms with van der Waals surface area (Å²) >= 11 is 0. The first kappa shape index (κ1) is 14.9. The van der Waals surface area contributed by atoms with Crippen LogP contribution in [0.5, 0.6) is 0 Å². The summed E-state index contributed by atoms with van der Waals surface area (Å²) in [7, 11) is 2.05. The predicted octanol–water partition coefficient (Wildman–Crippen LogP) is 1.70. The maximum absolute atomic E-state index is 11.2. The molecule has 5 heteroatoms. The van der Waals surface area contributed by atoms with Crippen LogP contribution in [0.2, 0.25) is 0 Å². The highest BCUT2D eigenvalue weighted by Crippen LogP contribution is 2.18. The normalized spacial score (nSPS) is 19.6. The van der Waals surface area contributed by atoms with E-state index in [4.69, 9.17) is 5.11 Å². The van der Waals surface area contributed by atoms with Crippen molar-refractivity contribution in [2.75, 3.05) is 26.7 Å². The van der Waals surface area contributed by atoms with Gasteiger partial charge in [0, 0.05) is 25.3 Å². The molecule has 1 fully saturated rings. The monoisotopic (exact) mass is 277 g/mol. The molecule has 0 aliphatic carbocycles. The summed E-state index contributed by atoms with van der Waals surface area (Å²) in [6.45, 7) is 6.07. The number of hydrogen-bond donors (Lipinski definition) is 1. The van der Waals surface area contributed by atoms with Gasteiger partial charge in [0.05, 0.1) is 0 Å². The fourth-order valence-electron chi connectivity index (χ4n) is 2.99. The smallest absolute Gasteiger partial charge is 0.354 e. The molecule has 1 aliphatic heterocycles. The summed E-state index contributed by atoms with van der Waals surface area (Å²) < 4.78 is 0. The summed E-state index contributed by atoms with van der Waals surface area (Å²) in [5, 5.41) is 9.15. The van der Waals surface area contributed by atoms with Crippen molar-refractivity contribution in [3.05, 3.63) is 29.6 Å². The maximum Gasteiger partial charge on any atom is 0.354 e. The van der Waals surface area contributed by atoms with Crippen LogP contribution in [0, 0.1) is 0 Å². The molecule has 0 amide bonds. The van der Waals surface area contributed by atoms with Crippen molar-refractivity contribution >= 4 is 5.97 Å². The van der Waals surface area contributed by atoms with E-state index in [0.717, 1.165) is 18.7 Å². The van der Waals surface area contributed by atoms with E-state index in [9.17, 15) is 4.79 Å². The Balaban J connectivity index is 1.98. The van der Waals surface area contributed by atoms with Crippen LogP contribution in [0.4, 0.5) is 0 Å². The molecule has 0 bridgehead atoms. The molecule has 1 aliphatic rings. The van der Waals surface area contributed by atoms with Crippen LogP contribution in [-0.2, 0) is 6.54 Å². The van der Waals surface area contributed by atoms with Gasteiger partial charge in [0.2, 0.25) is 0 Å². The van der Waals surface area contributed by atoms with Crippen LogP contribution in [0.15, 0.2) is 18.3 Å². The van der Waals surface area contributed by atoms with Crippen LogP contribution >= 0.6 is 0 Å². The molecule has 0 radical (unpaired) electrons. The average molecular weight is 277 g/mol. The van der Waals surface area contributed by atoms with E-state index < -0.39 is 5.97 Å². The minimum atomic E-state index is -0.954. The van der Waals surface area contributed by atoms with Crippen molar-refractivity contribution in [3.63, 3.8) is 0 Å².